The van der Waals surface area contributed by atoms with Crippen molar-refractivity contribution in [3.05, 3.63) is 89.6 Å². The molecule has 1 aliphatic rings. The molecule has 4 aromatic rings. The van der Waals surface area contributed by atoms with Gasteiger partial charge in [-0.25, -0.2) is 0 Å². The number of hydrogen-bond donors (Lipinski definition) is 0. The number of aromatic nitrogens is 1. The quantitative estimate of drug-likeness (QED) is 0.305. The minimum Gasteiger partial charge on any atom is -0.497 e. The first-order valence-electron chi connectivity index (χ1n) is 12.9. The molecule has 0 saturated carbocycles. The summed E-state index contributed by atoms with van der Waals surface area (Å²) in [5.74, 6) is 1.78. The van der Waals surface area contributed by atoms with Crippen molar-refractivity contribution < 1.29 is 14.3 Å². The van der Waals surface area contributed by atoms with E-state index in [0.717, 1.165) is 59.8 Å². The van der Waals surface area contributed by atoms with Crippen molar-refractivity contribution in [2.45, 2.75) is 26.4 Å². The highest BCUT2D eigenvalue weighted by Crippen LogP contribution is 2.31. The van der Waals surface area contributed by atoms with Gasteiger partial charge in [-0.15, -0.1) is 0 Å². The Hall–Kier alpha value is -3.77. The van der Waals surface area contributed by atoms with Crippen LogP contribution in [0, 0.1) is 6.92 Å². The Bertz CT molecular complexity index is 1380. The van der Waals surface area contributed by atoms with Gasteiger partial charge in [-0.2, -0.15) is 0 Å². The Morgan fingerprint density at radius 3 is 2.30 bits per heavy atom. The molecule has 1 aromatic heterocycles. The molecule has 1 fully saturated rings. The van der Waals surface area contributed by atoms with Gasteiger partial charge in [0.25, 0.3) is 0 Å². The molecular weight excluding hydrogens is 462 g/mol. The number of nitrogens with zero attached hydrogens (tertiary/aromatic N) is 3. The average Bonchev–Trinajstić information content (AvgIpc) is 3.19. The third kappa shape index (κ3) is 5.07. The molecule has 1 atom stereocenters. The summed E-state index contributed by atoms with van der Waals surface area (Å²) in [6.45, 7) is 7.97. The van der Waals surface area contributed by atoms with E-state index < -0.39 is 0 Å². The van der Waals surface area contributed by atoms with Crippen LogP contribution >= 0.6 is 0 Å². The number of piperazine rings is 1. The van der Waals surface area contributed by atoms with E-state index in [0.29, 0.717) is 12.6 Å². The van der Waals surface area contributed by atoms with Gasteiger partial charge in [-0.05, 0) is 61.9 Å². The molecule has 0 radical (unpaired) electrons. The molecule has 6 nitrogen and oxygen atoms in total. The Morgan fingerprint density at radius 2 is 1.62 bits per heavy atom. The van der Waals surface area contributed by atoms with Crippen molar-refractivity contribution in [3.63, 3.8) is 0 Å². The van der Waals surface area contributed by atoms with E-state index in [4.69, 9.17) is 9.47 Å². The van der Waals surface area contributed by atoms with E-state index in [1.807, 2.05) is 30.3 Å². The van der Waals surface area contributed by atoms with Gasteiger partial charge < -0.3 is 18.9 Å². The molecule has 3 aromatic carbocycles. The van der Waals surface area contributed by atoms with E-state index in [9.17, 15) is 4.79 Å². The van der Waals surface area contributed by atoms with Gasteiger partial charge in [0, 0.05) is 60.1 Å². The second-order valence-electron chi connectivity index (χ2n) is 9.81. The predicted octanol–water partition coefficient (Wildman–Crippen LogP) is 5.41. The van der Waals surface area contributed by atoms with Crippen molar-refractivity contribution in [1.29, 1.82) is 0 Å². The van der Waals surface area contributed by atoms with Crippen LogP contribution in [0.4, 0.5) is 5.69 Å². The normalized spacial score (nSPS) is 16.2. The number of hydrogen-bond acceptors (Lipinski definition) is 5. The molecule has 1 saturated heterocycles. The first kappa shape index (κ1) is 24.9. The number of methoxy groups -OCH3 is 2. The Morgan fingerprint density at radius 1 is 0.919 bits per heavy atom. The second-order valence-corrected chi connectivity index (χ2v) is 9.81. The number of fused-ring (bicyclic) bond motifs is 1. The van der Waals surface area contributed by atoms with Crippen molar-refractivity contribution in [3.8, 4) is 11.5 Å². The lowest BCUT2D eigenvalue weighted by molar-refractivity contribution is 0.0918. The molecule has 37 heavy (non-hydrogen) atoms. The monoisotopic (exact) mass is 497 g/mol. The molecule has 0 aliphatic carbocycles. The molecule has 0 spiro atoms. The predicted molar refractivity (Wildman–Crippen MR) is 149 cm³/mol. The van der Waals surface area contributed by atoms with E-state index >= 15 is 0 Å². The van der Waals surface area contributed by atoms with E-state index in [1.165, 1.54) is 11.3 Å². The SMILES string of the molecule is COc1ccc(N2CCN(CC(=O)c3c(C)n(Cc4ccccc4)c4ccc(OC)cc34)C[C@@H]2C)cc1. The number of rotatable bonds is 8. The Balaban J connectivity index is 1.37. The van der Waals surface area contributed by atoms with Gasteiger partial charge in [-0.3, -0.25) is 9.69 Å². The van der Waals surface area contributed by atoms with Crippen LogP contribution in [0.15, 0.2) is 72.8 Å². The highest BCUT2D eigenvalue weighted by molar-refractivity contribution is 6.10. The number of benzene rings is 3. The number of carbonyl (C=O) groups excluding carboxylic acids is 1. The third-order valence-corrected chi connectivity index (χ3v) is 7.48. The average molecular weight is 498 g/mol. The molecule has 192 valence electrons. The fourth-order valence-corrected chi connectivity index (χ4v) is 5.53. The topological polar surface area (TPSA) is 46.9 Å². The molecule has 0 N–H and O–H groups in total. The fraction of sp³-hybridized carbons (Fsp3) is 0.323. The van der Waals surface area contributed by atoms with E-state index in [1.54, 1.807) is 14.2 Å². The Kier molecular flexibility index (Phi) is 7.19. The molecule has 2 heterocycles. The number of Topliss-reactive ketones (excluding diaryl/α,β-unsaturated/α-hetero) is 1. The largest absolute Gasteiger partial charge is 0.497 e. The summed E-state index contributed by atoms with van der Waals surface area (Å²) in [6, 6.07) is 24.9. The highest BCUT2D eigenvalue weighted by atomic mass is 16.5. The highest BCUT2D eigenvalue weighted by Gasteiger charge is 2.28. The van der Waals surface area contributed by atoms with Gasteiger partial charge in [0.2, 0.25) is 0 Å². The van der Waals surface area contributed by atoms with Crippen LogP contribution in [0.2, 0.25) is 0 Å². The summed E-state index contributed by atoms with van der Waals surface area (Å²) < 4.78 is 13.1. The lowest BCUT2D eigenvalue weighted by Gasteiger charge is -2.41. The molecular formula is C31H35N3O3. The van der Waals surface area contributed by atoms with Crippen molar-refractivity contribution >= 4 is 22.4 Å². The maximum atomic E-state index is 13.8. The van der Waals surface area contributed by atoms with Crippen LogP contribution in [-0.2, 0) is 6.54 Å². The Labute approximate surface area is 219 Å². The van der Waals surface area contributed by atoms with Crippen LogP contribution in [-0.4, -0.2) is 61.7 Å². The van der Waals surface area contributed by atoms with Crippen LogP contribution in [0.5, 0.6) is 11.5 Å². The van der Waals surface area contributed by atoms with Crippen molar-refractivity contribution in [1.82, 2.24) is 9.47 Å². The molecule has 5 rings (SSSR count). The van der Waals surface area contributed by atoms with Gasteiger partial charge in [0.1, 0.15) is 11.5 Å². The standard InChI is InChI=1S/C31H35N3O3/c1-22-19-32(16-17-33(22)25-10-12-26(36-3)13-11-25)21-30(35)31-23(2)34(20-24-8-6-5-7-9-24)29-15-14-27(37-4)18-28(29)31/h5-15,18,22H,16-17,19-21H2,1-4H3/t22-/m0/s1. The van der Waals surface area contributed by atoms with Crippen LogP contribution in [0.25, 0.3) is 10.9 Å². The van der Waals surface area contributed by atoms with E-state index in [2.05, 4.69) is 70.7 Å². The molecule has 0 unspecified atom stereocenters. The summed E-state index contributed by atoms with van der Waals surface area (Å²) in [5.41, 5.74) is 5.26. The molecule has 0 bridgehead atoms. The smallest absolute Gasteiger partial charge is 0.179 e. The third-order valence-electron chi connectivity index (χ3n) is 7.48. The van der Waals surface area contributed by atoms with E-state index in [-0.39, 0.29) is 5.78 Å². The number of ketones is 1. The fourth-order valence-electron chi connectivity index (χ4n) is 5.53. The zero-order valence-corrected chi connectivity index (χ0v) is 22.1. The first-order chi connectivity index (χ1) is 18.0. The lowest BCUT2D eigenvalue weighted by atomic mass is 10.0. The summed E-state index contributed by atoms with van der Waals surface area (Å²) in [4.78, 5) is 18.5. The van der Waals surface area contributed by atoms with Crippen LogP contribution in [0.1, 0.15) is 28.5 Å². The number of anilines is 1. The lowest BCUT2D eigenvalue weighted by Crippen LogP contribution is -2.53. The minimum absolute atomic E-state index is 0.160. The second kappa shape index (κ2) is 10.7. The zero-order chi connectivity index (χ0) is 25.9. The first-order valence-corrected chi connectivity index (χ1v) is 12.9. The number of ether oxygens (including phenoxy) is 2. The van der Waals surface area contributed by atoms with Gasteiger partial charge in [-0.1, -0.05) is 30.3 Å². The maximum Gasteiger partial charge on any atom is 0.179 e. The van der Waals surface area contributed by atoms with Crippen LogP contribution in [0.3, 0.4) is 0 Å². The molecule has 1 aliphatic heterocycles. The minimum atomic E-state index is 0.160. The summed E-state index contributed by atoms with van der Waals surface area (Å²) >= 11 is 0. The van der Waals surface area contributed by atoms with Crippen molar-refractivity contribution in [2.24, 2.45) is 0 Å². The summed E-state index contributed by atoms with van der Waals surface area (Å²) in [6.07, 6.45) is 0. The summed E-state index contributed by atoms with van der Waals surface area (Å²) in [7, 11) is 3.35. The number of carbonyl (C=O) groups is 1. The van der Waals surface area contributed by atoms with Crippen LogP contribution < -0.4 is 14.4 Å². The zero-order valence-electron chi connectivity index (χ0n) is 22.1. The molecule has 0 amide bonds. The van der Waals surface area contributed by atoms with Gasteiger partial charge in [0.15, 0.2) is 5.78 Å². The maximum absolute atomic E-state index is 13.8. The molecule has 6 heteroatoms. The van der Waals surface area contributed by atoms with Gasteiger partial charge >= 0.3 is 0 Å². The van der Waals surface area contributed by atoms with Gasteiger partial charge in [0.05, 0.1) is 20.8 Å². The van der Waals surface area contributed by atoms with Crippen molar-refractivity contribution in [2.75, 3.05) is 45.3 Å². The summed E-state index contributed by atoms with van der Waals surface area (Å²) in [5, 5.41) is 0.961.